The third-order valence-corrected chi connectivity index (χ3v) is 5.15. The average molecular weight is 382 g/mol. The number of fused-ring (bicyclic) bond motifs is 1. The molecule has 148 valence electrons. The van der Waals surface area contributed by atoms with Crippen molar-refractivity contribution in [2.75, 3.05) is 25.6 Å². The smallest absolute Gasteiger partial charge is 0.335 e. The van der Waals surface area contributed by atoms with Crippen LogP contribution >= 0.6 is 0 Å². The van der Waals surface area contributed by atoms with E-state index in [-0.39, 0.29) is 17.4 Å². The summed E-state index contributed by atoms with van der Waals surface area (Å²) >= 11 is 0. The van der Waals surface area contributed by atoms with Crippen LogP contribution in [-0.4, -0.2) is 37.2 Å². The lowest BCUT2D eigenvalue weighted by Crippen LogP contribution is -2.35. The van der Waals surface area contributed by atoms with E-state index in [2.05, 4.69) is 24.5 Å². The summed E-state index contributed by atoms with van der Waals surface area (Å²) in [5.74, 6) is -1.05. The third kappa shape index (κ3) is 4.17. The average Bonchev–Trinajstić information content (AvgIpc) is 2.66. The third-order valence-electron chi connectivity index (χ3n) is 5.15. The van der Waals surface area contributed by atoms with Gasteiger partial charge in [-0.05, 0) is 53.3 Å². The molecule has 0 aliphatic carbocycles. The highest BCUT2D eigenvalue weighted by molar-refractivity contribution is 5.94. The van der Waals surface area contributed by atoms with Gasteiger partial charge >= 0.3 is 5.97 Å². The maximum atomic E-state index is 12.4. The minimum Gasteiger partial charge on any atom is -0.478 e. The number of carboxylic acid groups (broad SMARTS) is 1. The maximum absolute atomic E-state index is 12.4. The highest BCUT2D eigenvalue weighted by atomic mass is 16.5. The van der Waals surface area contributed by atoms with Crippen molar-refractivity contribution in [2.24, 2.45) is 5.41 Å². The van der Waals surface area contributed by atoms with Crippen molar-refractivity contribution in [2.45, 2.75) is 26.3 Å². The van der Waals surface area contributed by atoms with Gasteiger partial charge in [0.25, 0.3) is 5.91 Å². The molecular formula is C22H26N2O4. The summed E-state index contributed by atoms with van der Waals surface area (Å²) in [6.45, 7) is 5.22. The Kier molecular flexibility index (Phi) is 5.70. The van der Waals surface area contributed by atoms with Gasteiger partial charge in [0.05, 0.1) is 18.2 Å². The molecule has 3 rings (SSSR count). The molecule has 0 fully saturated rings. The quantitative estimate of drug-likeness (QED) is 0.666. The number of anilines is 1. The standard InChI is InChI=1S/C22H26N2O4/c1-22(2)13-17-12-16(21(26)27)7-8-18(17)24-19(22)14-5-4-6-15(11-14)20(25)23-9-10-28-3/h4-8,11-12,19,24H,9-10,13H2,1-3H3,(H,23,25)(H,26,27). The van der Waals surface area contributed by atoms with E-state index in [1.807, 2.05) is 24.3 Å². The minimum atomic E-state index is -0.921. The van der Waals surface area contributed by atoms with Gasteiger partial charge in [-0.3, -0.25) is 4.79 Å². The zero-order valence-corrected chi connectivity index (χ0v) is 16.4. The molecule has 0 saturated heterocycles. The topological polar surface area (TPSA) is 87.7 Å². The minimum absolute atomic E-state index is 0.00223. The predicted molar refractivity (Wildman–Crippen MR) is 108 cm³/mol. The van der Waals surface area contributed by atoms with E-state index in [9.17, 15) is 14.7 Å². The molecule has 1 unspecified atom stereocenters. The highest BCUT2D eigenvalue weighted by Gasteiger charge is 2.36. The molecule has 28 heavy (non-hydrogen) atoms. The van der Waals surface area contributed by atoms with Crippen LogP contribution in [0, 0.1) is 5.41 Å². The number of rotatable bonds is 6. The summed E-state index contributed by atoms with van der Waals surface area (Å²) in [6.07, 6.45) is 0.741. The zero-order valence-electron chi connectivity index (χ0n) is 16.4. The maximum Gasteiger partial charge on any atom is 0.335 e. The predicted octanol–water partition coefficient (Wildman–Crippen LogP) is 3.50. The van der Waals surface area contributed by atoms with Crippen LogP contribution in [-0.2, 0) is 11.2 Å². The van der Waals surface area contributed by atoms with Crippen LogP contribution in [0.4, 0.5) is 5.69 Å². The molecule has 0 radical (unpaired) electrons. The molecule has 3 N–H and O–H groups in total. The number of aromatic carboxylic acids is 1. The summed E-state index contributed by atoms with van der Waals surface area (Å²) in [6, 6.07) is 12.8. The fourth-order valence-corrected chi connectivity index (χ4v) is 3.72. The van der Waals surface area contributed by atoms with E-state index in [0.29, 0.717) is 24.3 Å². The Morgan fingerprint density at radius 2 is 2.00 bits per heavy atom. The van der Waals surface area contributed by atoms with Crippen LogP contribution < -0.4 is 10.6 Å². The summed E-state index contributed by atoms with van der Waals surface area (Å²) < 4.78 is 4.97. The fraction of sp³-hybridized carbons (Fsp3) is 0.364. The molecule has 1 heterocycles. The van der Waals surface area contributed by atoms with Crippen LogP contribution in [0.1, 0.15) is 51.7 Å². The first kappa shape index (κ1) is 19.9. The Bertz CT molecular complexity index is 892. The fourth-order valence-electron chi connectivity index (χ4n) is 3.72. The Morgan fingerprint density at radius 1 is 1.21 bits per heavy atom. The van der Waals surface area contributed by atoms with Crippen LogP contribution in [0.15, 0.2) is 42.5 Å². The van der Waals surface area contributed by atoms with Crippen molar-refractivity contribution in [3.63, 3.8) is 0 Å². The Labute approximate surface area is 164 Å². The van der Waals surface area contributed by atoms with Gasteiger partial charge in [0.2, 0.25) is 0 Å². The molecule has 1 aliphatic heterocycles. The monoisotopic (exact) mass is 382 g/mol. The van der Waals surface area contributed by atoms with Gasteiger partial charge in [0.15, 0.2) is 0 Å². The molecule has 1 aliphatic rings. The van der Waals surface area contributed by atoms with Gasteiger partial charge in [-0.1, -0.05) is 26.0 Å². The van der Waals surface area contributed by atoms with Crippen molar-refractivity contribution < 1.29 is 19.4 Å². The van der Waals surface area contributed by atoms with E-state index in [0.717, 1.165) is 23.2 Å². The first-order valence-corrected chi connectivity index (χ1v) is 9.31. The molecule has 1 amide bonds. The van der Waals surface area contributed by atoms with E-state index in [1.165, 1.54) is 0 Å². The first-order chi connectivity index (χ1) is 13.3. The molecule has 6 heteroatoms. The van der Waals surface area contributed by atoms with Gasteiger partial charge < -0.3 is 20.5 Å². The van der Waals surface area contributed by atoms with Gasteiger partial charge in [0.1, 0.15) is 0 Å². The molecule has 0 saturated carbocycles. The number of carbonyl (C=O) groups excluding carboxylic acids is 1. The number of hydrogen-bond donors (Lipinski definition) is 3. The lowest BCUT2D eigenvalue weighted by atomic mass is 9.72. The molecule has 6 nitrogen and oxygen atoms in total. The molecule has 2 aromatic rings. The molecular weight excluding hydrogens is 356 g/mol. The summed E-state index contributed by atoms with van der Waals surface area (Å²) in [4.78, 5) is 23.6. The van der Waals surface area contributed by atoms with Crippen molar-refractivity contribution in [3.05, 3.63) is 64.7 Å². The Morgan fingerprint density at radius 3 is 2.71 bits per heavy atom. The van der Waals surface area contributed by atoms with Gasteiger partial charge in [0, 0.05) is 24.9 Å². The first-order valence-electron chi connectivity index (χ1n) is 9.31. The lowest BCUT2D eigenvalue weighted by molar-refractivity contribution is 0.0696. The van der Waals surface area contributed by atoms with Gasteiger partial charge in [-0.15, -0.1) is 0 Å². The van der Waals surface area contributed by atoms with Crippen LogP contribution in [0.5, 0.6) is 0 Å². The summed E-state index contributed by atoms with van der Waals surface area (Å²) in [5, 5.41) is 15.6. The highest BCUT2D eigenvalue weighted by Crippen LogP contribution is 2.45. The Balaban J connectivity index is 1.86. The molecule has 1 atom stereocenters. The van der Waals surface area contributed by atoms with Crippen LogP contribution in [0.25, 0.3) is 0 Å². The number of nitrogens with one attached hydrogen (secondary N) is 2. The lowest BCUT2D eigenvalue weighted by Gasteiger charge is -2.41. The van der Waals surface area contributed by atoms with Crippen molar-refractivity contribution in [1.82, 2.24) is 5.32 Å². The number of carboxylic acids is 1. The number of amides is 1. The SMILES string of the molecule is COCCNC(=O)c1cccc(C2Nc3ccc(C(=O)O)cc3CC2(C)C)c1. The molecule has 0 spiro atoms. The number of methoxy groups -OCH3 is 1. The van der Waals surface area contributed by atoms with Crippen LogP contribution in [0.3, 0.4) is 0 Å². The largest absolute Gasteiger partial charge is 0.478 e. The van der Waals surface area contributed by atoms with Crippen molar-refractivity contribution in [1.29, 1.82) is 0 Å². The second kappa shape index (κ2) is 8.02. The molecule has 0 aromatic heterocycles. The molecule has 2 aromatic carbocycles. The number of hydrogen-bond acceptors (Lipinski definition) is 4. The second-order valence-electron chi connectivity index (χ2n) is 7.79. The second-order valence-corrected chi connectivity index (χ2v) is 7.79. The van der Waals surface area contributed by atoms with Crippen LogP contribution in [0.2, 0.25) is 0 Å². The zero-order chi connectivity index (χ0) is 20.3. The van der Waals surface area contributed by atoms with E-state index in [1.54, 1.807) is 25.3 Å². The summed E-state index contributed by atoms with van der Waals surface area (Å²) in [5.41, 5.74) is 3.70. The summed E-state index contributed by atoms with van der Waals surface area (Å²) in [7, 11) is 1.60. The number of carbonyl (C=O) groups is 2. The van der Waals surface area contributed by atoms with Gasteiger partial charge in [-0.2, -0.15) is 0 Å². The van der Waals surface area contributed by atoms with Gasteiger partial charge in [-0.25, -0.2) is 4.79 Å². The Hall–Kier alpha value is -2.86. The van der Waals surface area contributed by atoms with E-state index < -0.39 is 5.97 Å². The van der Waals surface area contributed by atoms with Crippen molar-refractivity contribution in [3.8, 4) is 0 Å². The van der Waals surface area contributed by atoms with Crippen molar-refractivity contribution >= 4 is 17.6 Å². The number of benzene rings is 2. The molecule has 0 bridgehead atoms. The normalized spacial score (nSPS) is 17.3. The van der Waals surface area contributed by atoms with E-state index >= 15 is 0 Å². The number of ether oxygens (including phenoxy) is 1. The van der Waals surface area contributed by atoms with E-state index in [4.69, 9.17) is 4.74 Å².